The summed E-state index contributed by atoms with van der Waals surface area (Å²) in [4.78, 5) is 3.89. The molecule has 2 N–H and O–H groups in total. The first-order chi connectivity index (χ1) is 12.7. The number of likely N-dealkylation sites (tertiary alicyclic amines) is 1. The van der Waals surface area contributed by atoms with Gasteiger partial charge in [-0.25, -0.2) is 4.21 Å². The van der Waals surface area contributed by atoms with E-state index < -0.39 is 11.2 Å². The summed E-state index contributed by atoms with van der Waals surface area (Å²) in [5.41, 5.74) is 1.41. The molecule has 0 amide bonds. The van der Waals surface area contributed by atoms with Crippen LogP contribution in [0.15, 0.2) is 38.0 Å². The third-order valence-electron chi connectivity index (χ3n) is 4.44. The van der Waals surface area contributed by atoms with Gasteiger partial charge in [-0.3, -0.25) is 4.90 Å². The summed E-state index contributed by atoms with van der Waals surface area (Å²) in [7, 11) is 1.76. The zero-order chi connectivity index (χ0) is 18.2. The van der Waals surface area contributed by atoms with Gasteiger partial charge in [0.25, 0.3) is 11.2 Å². The Labute approximate surface area is 162 Å². The third-order valence-corrected chi connectivity index (χ3v) is 6.19. The topological polar surface area (TPSA) is 69.1 Å². The molecule has 2 aliphatic rings. The lowest BCUT2D eigenvalue weighted by atomic mass is 10.1. The number of benzene rings is 1. The van der Waals surface area contributed by atoms with Gasteiger partial charge in [0.15, 0.2) is 11.7 Å². The van der Waals surface area contributed by atoms with Gasteiger partial charge in [0.05, 0.1) is 0 Å². The summed E-state index contributed by atoms with van der Waals surface area (Å²) in [6.07, 6.45) is 5.05. The van der Waals surface area contributed by atoms with Crippen LogP contribution in [0, 0.1) is 0 Å². The lowest BCUT2D eigenvalue weighted by molar-refractivity contribution is 0.221. The van der Waals surface area contributed by atoms with Crippen molar-refractivity contribution in [2.45, 2.75) is 37.1 Å². The molecule has 1 aromatic rings. The fourth-order valence-corrected chi connectivity index (χ4v) is 4.74. The molecule has 0 bridgehead atoms. The van der Waals surface area contributed by atoms with Gasteiger partial charge in [-0.1, -0.05) is 18.6 Å². The number of nitrogens with one attached hydrogen (secondary N) is 2. The van der Waals surface area contributed by atoms with Gasteiger partial charge >= 0.3 is 0 Å². The van der Waals surface area contributed by atoms with Crippen molar-refractivity contribution < 1.29 is 4.21 Å². The molecule has 1 unspecified atom stereocenters. The highest BCUT2D eigenvalue weighted by atomic mass is 32.2. The molecule has 1 atom stereocenters. The second kappa shape index (κ2) is 10.1. The third kappa shape index (κ3) is 5.82. The Morgan fingerprint density at radius 1 is 1.19 bits per heavy atom. The van der Waals surface area contributed by atoms with E-state index in [-0.39, 0.29) is 0 Å². The van der Waals surface area contributed by atoms with Gasteiger partial charge < -0.3 is 10.6 Å². The molecule has 6 nitrogen and oxygen atoms in total. The Morgan fingerprint density at radius 2 is 2.00 bits per heavy atom. The molecule has 0 saturated carbocycles. The molecule has 142 valence electrons. The van der Waals surface area contributed by atoms with Crippen LogP contribution in [0.3, 0.4) is 0 Å². The molecule has 8 heteroatoms. The molecular weight excluding hydrogens is 366 g/mol. The average Bonchev–Trinajstić information content (AvgIpc) is 3.02. The van der Waals surface area contributed by atoms with Crippen LogP contribution in [0.1, 0.15) is 31.2 Å². The first-order valence-electron chi connectivity index (χ1n) is 9.20. The zero-order valence-electron chi connectivity index (χ0n) is 15.2. The van der Waals surface area contributed by atoms with Crippen molar-refractivity contribution in [2.75, 3.05) is 32.4 Å². The van der Waals surface area contributed by atoms with Crippen LogP contribution in [0.2, 0.25) is 0 Å². The fraction of sp³-hybridized carbons (Fsp3) is 0.556. The fourth-order valence-electron chi connectivity index (χ4n) is 3.12. The molecule has 2 heterocycles. The van der Waals surface area contributed by atoms with Gasteiger partial charge in [-0.2, -0.15) is 0 Å². The average molecular weight is 394 g/mol. The summed E-state index contributed by atoms with van der Waals surface area (Å²) < 4.78 is 19.2. The predicted octanol–water partition coefficient (Wildman–Crippen LogP) is 2.35. The molecule has 2 aliphatic heterocycles. The maximum absolute atomic E-state index is 11.3. The van der Waals surface area contributed by atoms with Crippen molar-refractivity contribution in [1.29, 1.82) is 0 Å². The van der Waals surface area contributed by atoms with Crippen LogP contribution in [0.25, 0.3) is 0 Å². The van der Waals surface area contributed by atoms with E-state index in [1.807, 2.05) is 11.8 Å². The van der Waals surface area contributed by atoms with Gasteiger partial charge in [0, 0.05) is 25.0 Å². The molecule has 0 radical (unpaired) electrons. The lowest BCUT2D eigenvalue weighted by Crippen LogP contribution is -2.37. The van der Waals surface area contributed by atoms with E-state index >= 15 is 0 Å². The molecule has 3 rings (SSSR count). The summed E-state index contributed by atoms with van der Waals surface area (Å²) >= 11 is 0.398. The number of amidine groups is 2. The smallest absolute Gasteiger partial charge is 0.269 e. The number of hydrogen-bond donors (Lipinski definition) is 2. The highest BCUT2D eigenvalue weighted by molar-refractivity contribution is 7.99. The van der Waals surface area contributed by atoms with Gasteiger partial charge in [-0.15, -0.1) is 20.6 Å². The highest BCUT2D eigenvalue weighted by Gasteiger charge is 2.16. The monoisotopic (exact) mass is 393 g/mol. The van der Waals surface area contributed by atoms with Crippen molar-refractivity contribution in [3.8, 4) is 0 Å². The summed E-state index contributed by atoms with van der Waals surface area (Å²) in [6, 6.07) is 8.91. The van der Waals surface area contributed by atoms with Crippen molar-refractivity contribution in [3.05, 3.63) is 29.8 Å². The van der Waals surface area contributed by atoms with E-state index in [0.29, 0.717) is 11.7 Å². The van der Waals surface area contributed by atoms with Crippen molar-refractivity contribution in [3.63, 3.8) is 0 Å². The zero-order valence-corrected chi connectivity index (χ0v) is 16.9. The van der Waals surface area contributed by atoms with Crippen LogP contribution in [-0.4, -0.2) is 53.2 Å². The van der Waals surface area contributed by atoms with Crippen LogP contribution >= 0.6 is 11.8 Å². The first-order valence-corrected chi connectivity index (χ1v) is 11.2. The predicted molar refractivity (Wildman–Crippen MR) is 111 cm³/mol. The molecule has 0 aromatic heterocycles. The number of thioether (sulfide) groups is 1. The number of hydrogen-bond acceptors (Lipinski definition) is 5. The summed E-state index contributed by atoms with van der Waals surface area (Å²) in [5.74, 6) is 2.20. The largest absolute Gasteiger partial charge is 0.369 e. The van der Waals surface area contributed by atoms with E-state index in [2.05, 4.69) is 48.6 Å². The number of nitrogens with zero attached hydrogens (tertiary/aromatic N) is 3. The Balaban J connectivity index is 1.38. The molecule has 1 fully saturated rings. The SMILES string of the molecule is CNC1=NS(=O)N=C1NCCCSc1cccc(CN2CCCCC2)c1. The molecule has 1 saturated heterocycles. The Bertz CT molecular complexity index is 686. The minimum atomic E-state index is -1.48. The van der Waals surface area contributed by atoms with E-state index in [0.717, 1.165) is 25.3 Å². The maximum Gasteiger partial charge on any atom is 0.269 e. The number of rotatable bonds is 7. The van der Waals surface area contributed by atoms with Gasteiger partial charge in [-0.05, 0) is 55.8 Å². The van der Waals surface area contributed by atoms with Gasteiger partial charge in [0.2, 0.25) is 0 Å². The Morgan fingerprint density at radius 3 is 2.81 bits per heavy atom. The van der Waals surface area contributed by atoms with E-state index in [1.165, 1.54) is 42.8 Å². The molecule has 1 aromatic carbocycles. The minimum absolute atomic E-state index is 0.571. The van der Waals surface area contributed by atoms with Crippen molar-refractivity contribution in [2.24, 2.45) is 8.80 Å². The number of piperidine rings is 1. The molecular formula is C18H27N5OS2. The lowest BCUT2D eigenvalue weighted by Gasteiger charge is -2.26. The van der Waals surface area contributed by atoms with Crippen LogP contribution in [0.4, 0.5) is 0 Å². The van der Waals surface area contributed by atoms with Crippen LogP contribution in [0.5, 0.6) is 0 Å². The van der Waals surface area contributed by atoms with Crippen LogP contribution in [-0.2, 0) is 17.7 Å². The van der Waals surface area contributed by atoms with E-state index in [9.17, 15) is 4.21 Å². The first kappa shape index (κ1) is 19.4. The second-order valence-corrected chi connectivity index (χ2v) is 8.47. The maximum atomic E-state index is 11.3. The molecule has 0 spiro atoms. The van der Waals surface area contributed by atoms with Crippen molar-refractivity contribution in [1.82, 2.24) is 15.5 Å². The summed E-state index contributed by atoms with van der Waals surface area (Å²) in [6.45, 7) is 4.32. The normalized spacial score (nSPS) is 20.6. The van der Waals surface area contributed by atoms with E-state index in [1.54, 1.807) is 7.05 Å². The Kier molecular flexibility index (Phi) is 7.52. The summed E-state index contributed by atoms with van der Waals surface area (Å²) in [5, 5.41) is 6.11. The Hall–Kier alpha value is -1.38. The van der Waals surface area contributed by atoms with Crippen molar-refractivity contribution >= 4 is 34.6 Å². The number of likely N-dealkylation sites (N-methyl/N-ethyl adjacent to an activating group) is 1. The minimum Gasteiger partial charge on any atom is -0.369 e. The van der Waals surface area contributed by atoms with Gasteiger partial charge in [0.1, 0.15) is 0 Å². The molecule has 0 aliphatic carbocycles. The van der Waals surface area contributed by atoms with Crippen LogP contribution < -0.4 is 10.6 Å². The highest BCUT2D eigenvalue weighted by Crippen LogP contribution is 2.21. The van der Waals surface area contributed by atoms with E-state index in [4.69, 9.17) is 0 Å². The standard InChI is InChI=1S/C18H27N5OS2/c1-19-17-18(22-26(24)21-17)20-9-6-12-25-16-8-5-7-15(13-16)14-23-10-3-2-4-11-23/h5,7-8,13H,2-4,6,9-12,14H2,1H3,(H,19,21)(H,20,22). The second-order valence-electron chi connectivity index (χ2n) is 6.47. The molecule has 26 heavy (non-hydrogen) atoms. The quantitative estimate of drug-likeness (QED) is 0.550.